The molecule has 29 heavy (non-hydrogen) atoms. The molecule has 1 aliphatic carbocycles. The Balaban J connectivity index is 1.95. The fourth-order valence-corrected chi connectivity index (χ4v) is 3.69. The van der Waals surface area contributed by atoms with Crippen molar-refractivity contribution in [3.05, 3.63) is 59.2 Å². The van der Waals surface area contributed by atoms with Crippen LogP contribution in [-0.2, 0) is 15.8 Å². The number of halogens is 3. The number of aliphatic carboxylic acids is 1. The van der Waals surface area contributed by atoms with E-state index in [1.807, 2.05) is 18.4 Å². The second-order valence-electron chi connectivity index (χ2n) is 6.56. The summed E-state index contributed by atoms with van der Waals surface area (Å²) in [6.45, 7) is 0. The quantitative estimate of drug-likeness (QED) is 0.617. The molecule has 0 unspecified atom stereocenters. The summed E-state index contributed by atoms with van der Waals surface area (Å²) in [5, 5.41) is 11.4. The highest BCUT2D eigenvalue weighted by Crippen LogP contribution is 2.38. The van der Waals surface area contributed by atoms with Gasteiger partial charge in [0, 0.05) is 16.0 Å². The van der Waals surface area contributed by atoms with E-state index in [4.69, 9.17) is 5.11 Å². The average Bonchev–Trinajstić information content (AvgIpc) is 3.18. The number of carboxylic acid groups (broad SMARTS) is 1. The van der Waals surface area contributed by atoms with E-state index in [-0.39, 0.29) is 24.0 Å². The van der Waals surface area contributed by atoms with E-state index in [1.165, 1.54) is 23.9 Å². The van der Waals surface area contributed by atoms with Gasteiger partial charge in [-0.2, -0.15) is 13.2 Å². The van der Waals surface area contributed by atoms with Crippen molar-refractivity contribution < 1.29 is 27.9 Å². The van der Waals surface area contributed by atoms with Gasteiger partial charge < -0.3 is 10.4 Å². The summed E-state index contributed by atoms with van der Waals surface area (Å²) >= 11 is 1.53. The number of carbonyl (C=O) groups excluding carboxylic acids is 1. The molecule has 2 aromatic rings. The number of thioether (sulfide) groups is 1. The number of carbonyl (C=O) groups is 2. The third kappa shape index (κ3) is 4.64. The zero-order valence-electron chi connectivity index (χ0n) is 15.5. The summed E-state index contributed by atoms with van der Waals surface area (Å²) in [4.78, 5) is 24.6. The van der Waals surface area contributed by atoms with Gasteiger partial charge in [-0.1, -0.05) is 18.2 Å². The Morgan fingerprint density at radius 3 is 2.21 bits per heavy atom. The first kappa shape index (κ1) is 21.0. The van der Waals surface area contributed by atoms with E-state index in [9.17, 15) is 22.8 Å². The molecule has 1 aliphatic rings. The minimum absolute atomic E-state index is 0.0300. The predicted molar refractivity (Wildman–Crippen MR) is 106 cm³/mol. The van der Waals surface area contributed by atoms with E-state index in [0.29, 0.717) is 17.5 Å². The van der Waals surface area contributed by atoms with Gasteiger partial charge in [-0.25, -0.2) is 4.79 Å². The Kier molecular flexibility index (Phi) is 6.02. The molecule has 152 valence electrons. The lowest BCUT2D eigenvalue weighted by molar-refractivity contribution is -0.137. The highest BCUT2D eigenvalue weighted by atomic mass is 32.2. The molecule has 0 aromatic heterocycles. The fraction of sp³-hybridized carbons (Fsp3) is 0.238. The van der Waals surface area contributed by atoms with E-state index >= 15 is 0 Å². The number of benzene rings is 2. The van der Waals surface area contributed by atoms with Gasteiger partial charge in [0.1, 0.15) is 0 Å². The van der Waals surface area contributed by atoms with Crippen LogP contribution in [0.2, 0.25) is 0 Å². The molecule has 2 N–H and O–H groups in total. The van der Waals surface area contributed by atoms with Crippen LogP contribution in [0.1, 0.15) is 24.8 Å². The van der Waals surface area contributed by atoms with Gasteiger partial charge in [-0.3, -0.25) is 4.79 Å². The lowest BCUT2D eigenvalue weighted by atomic mass is 10.0. The Morgan fingerprint density at radius 1 is 1.00 bits per heavy atom. The lowest BCUT2D eigenvalue weighted by Crippen LogP contribution is -2.19. The first-order valence-corrected chi connectivity index (χ1v) is 10.1. The van der Waals surface area contributed by atoms with Crippen molar-refractivity contribution in [2.24, 2.45) is 0 Å². The smallest absolute Gasteiger partial charge is 0.418 e. The first-order valence-electron chi connectivity index (χ1n) is 8.83. The number of anilines is 1. The standard InChI is InChI=1S/C21H18F3NO3S/c1-29-14-8-5-12(6-9-14)13-7-10-18(17(11-13)21(22,23)24)25-19(26)15-3-2-4-16(15)20(27)28/h5-11H,2-4H2,1H3,(H,25,26)(H,27,28). The van der Waals surface area contributed by atoms with E-state index < -0.39 is 29.3 Å². The fourth-order valence-electron chi connectivity index (χ4n) is 3.28. The number of amides is 1. The Morgan fingerprint density at radius 2 is 1.62 bits per heavy atom. The Hall–Kier alpha value is -2.74. The molecular weight excluding hydrogens is 403 g/mol. The van der Waals surface area contributed by atoms with Crippen molar-refractivity contribution in [2.45, 2.75) is 30.3 Å². The maximum absolute atomic E-state index is 13.6. The third-order valence-electron chi connectivity index (χ3n) is 4.75. The average molecular weight is 421 g/mol. The maximum Gasteiger partial charge on any atom is 0.418 e. The van der Waals surface area contributed by atoms with Crippen LogP contribution in [0.4, 0.5) is 18.9 Å². The summed E-state index contributed by atoms with van der Waals surface area (Å²) in [5.74, 6) is -2.02. The minimum Gasteiger partial charge on any atom is -0.478 e. The molecule has 0 saturated heterocycles. The minimum atomic E-state index is -4.68. The van der Waals surface area contributed by atoms with E-state index in [0.717, 1.165) is 11.0 Å². The van der Waals surface area contributed by atoms with Crippen LogP contribution in [0.25, 0.3) is 11.1 Å². The third-order valence-corrected chi connectivity index (χ3v) is 5.49. The topological polar surface area (TPSA) is 66.4 Å². The molecule has 0 spiro atoms. The summed E-state index contributed by atoms with van der Waals surface area (Å²) in [5.41, 5.74) is -0.389. The van der Waals surface area contributed by atoms with Crippen LogP contribution in [-0.4, -0.2) is 23.2 Å². The monoisotopic (exact) mass is 421 g/mol. The molecule has 0 aliphatic heterocycles. The molecule has 0 fully saturated rings. The molecule has 1 amide bonds. The molecule has 8 heteroatoms. The van der Waals surface area contributed by atoms with Crippen LogP contribution in [0, 0.1) is 0 Å². The van der Waals surface area contributed by atoms with Crippen molar-refractivity contribution in [3.63, 3.8) is 0 Å². The molecule has 3 rings (SSSR count). The summed E-state index contributed by atoms with van der Waals surface area (Å²) < 4.78 is 40.9. The zero-order valence-corrected chi connectivity index (χ0v) is 16.3. The van der Waals surface area contributed by atoms with Gasteiger partial charge in [-0.15, -0.1) is 11.8 Å². The van der Waals surface area contributed by atoms with Crippen LogP contribution in [0.3, 0.4) is 0 Å². The van der Waals surface area contributed by atoms with Gasteiger partial charge in [0.25, 0.3) is 5.91 Å². The summed E-state index contributed by atoms with van der Waals surface area (Å²) in [6.07, 6.45) is -1.83. The number of hydrogen-bond acceptors (Lipinski definition) is 3. The molecule has 2 aromatic carbocycles. The van der Waals surface area contributed by atoms with Gasteiger partial charge in [-0.05, 0) is 60.9 Å². The number of nitrogens with one attached hydrogen (secondary N) is 1. The lowest BCUT2D eigenvalue weighted by Gasteiger charge is -2.16. The second kappa shape index (κ2) is 8.32. The van der Waals surface area contributed by atoms with Crippen molar-refractivity contribution in [1.29, 1.82) is 0 Å². The highest BCUT2D eigenvalue weighted by Gasteiger charge is 2.35. The van der Waals surface area contributed by atoms with Gasteiger partial charge in [0.05, 0.1) is 11.3 Å². The Labute approximate surface area is 169 Å². The predicted octanol–water partition coefficient (Wildman–Crippen LogP) is 5.60. The van der Waals surface area contributed by atoms with Crippen LogP contribution in [0.5, 0.6) is 0 Å². The number of alkyl halides is 3. The normalized spacial score (nSPS) is 14.2. The molecule has 0 saturated carbocycles. The van der Waals surface area contributed by atoms with Crippen molar-refractivity contribution in [2.75, 3.05) is 11.6 Å². The molecule has 0 radical (unpaired) electrons. The number of carboxylic acids is 1. The molecular formula is C21H18F3NO3S. The summed E-state index contributed by atoms with van der Waals surface area (Å²) in [7, 11) is 0. The maximum atomic E-state index is 13.6. The van der Waals surface area contributed by atoms with Gasteiger partial charge in [0.15, 0.2) is 0 Å². The Bertz CT molecular complexity index is 982. The molecule has 0 bridgehead atoms. The zero-order chi connectivity index (χ0) is 21.2. The van der Waals surface area contributed by atoms with Crippen LogP contribution < -0.4 is 5.32 Å². The largest absolute Gasteiger partial charge is 0.478 e. The highest BCUT2D eigenvalue weighted by molar-refractivity contribution is 7.98. The van der Waals surface area contributed by atoms with Gasteiger partial charge in [0.2, 0.25) is 0 Å². The second-order valence-corrected chi connectivity index (χ2v) is 7.44. The van der Waals surface area contributed by atoms with Crippen LogP contribution >= 0.6 is 11.8 Å². The molecule has 0 heterocycles. The van der Waals surface area contributed by atoms with Crippen molar-refractivity contribution >= 4 is 29.3 Å². The van der Waals surface area contributed by atoms with Gasteiger partial charge >= 0.3 is 12.1 Å². The van der Waals surface area contributed by atoms with Crippen molar-refractivity contribution in [3.8, 4) is 11.1 Å². The number of hydrogen-bond donors (Lipinski definition) is 2. The molecule has 0 atom stereocenters. The van der Waals surface area contributed by atoms with Crippen LogP contribution in [0.15, 0.2) is 58.5 Å². The van der Waals surface area contributed by atoms with E-state index in [2.05, 4.69) is 5.32 Å². The van der Waals surface area contributed by atoms with Crippen molar-refractivity contribution in [1.82, 2.24) is 0 Å². The SMILES string of the molecule is CSc1ccc(-c2ccc(NC(=O)C3=C(C(=O)O)CCC3)c(C(F)(F)F)c2)cc1. The number of rotatable bonds is 5. The summed E-state index contributed by atoms with van der Waals surface area (Å²) in [6, 6.07) is 10.8. The first-order chi connectivity index (χ1) is 13.7. The van der Waals surface area contributed by atoms with E-state index in [1.54, 1.807) is 12.1 Å². The molecule has 4 nitrogen and oxygen atoms in total.